The Morgan fingerprint density at radius 2 is 1.79 bits per heavy atom. The van der Waals surface area contributed by atoms with Crippen molar-refractivity contribution in [3.63, 3.8) is 0 Å². The van der Waals surface area contributed by atoms with Gasteiger partial charge < -0.3 is 10.2 Å². The first-order chi connectivity index (χ1) is 13.8. The molecular weight excluding hydrogens is 381 g/mol. The number of aromatic nitrogens is 2. The van der Waals surface area contributed by atoms with Gasteiger partial charge in [-0.25, -0.2) is 4.79 Å². The van der Waals surface area contributed by atoms with Crippen LogP contribution in [0.5, 0.6) is 0 Å². The fraction of sp³-hybridized carbons (Fsp3) is 0.238. The number of hydrogen-bond acceptors (Lipinski definition) is 2. The molecule has 5 nitrogen and oxygen atoms in total. The molecule has 152 valence electrons. The maximum Gasteiger partial charge on any atom is 0.416 e. The van der Waals surface area contributed by atoms with Crippen LogP contribution in [-0.4, -0.2) is 34.7 Å². The molecule has 0 spiro atoms. The molecule has 0 radical (unpaired) electrons. The van der Waals surface area contributed by atoms with E-state index in [1.807, 2.05) is 36.4 Å². The third-order valence-corrected chi connectivity index (χ3v) is 4.45. The van der Waals surface area contributed by atoms with Gasteiger partial charge in [0.15, 0.2) is 0 Å². The van der Waals surface area contributed by atoms with E-state index in [-0.39, 0.29) is 6.03 Å². The summed E-state index contributed by atoms with van der Waals surface area (Å²) in [6, 6.07) is 15.8. The highest BCUT2D eigenvalue weighted by Gasteiger charge is 2.30. The fourth-order valence-corrected chi connectivity index (χ4v) is 2.82. The van der Waals surface area contributed by atoms with Crippen LogP contribution in [0.15, 0.2) is 60.7 Å². The maximum absolute atomic E-state index is 12.6. The van der Waals surface area contributed by atoms with E-state index in [2.05, 4.69) is 15.5 Å². The standard InChI is InChI=1S/C21H21F3N4O/c1-28(20(29)25-17-11-9-16(10-12-17)21(22,23)24)13-5-8-18-14-19(27-26-18)15-6-3-2-4-7-15/h2-4,6-7,9-12,14H,5,8,13H2,1H3,(H,25,29)(H,26,27). The van der Waals surface area contributed by atoms with Gasteiger partial charge in [-0.1, -0.05) is 30.3 Å². The van der Waals surface area contributed by atoms with E-state index in [0.29, 0.717) is 18.7 Å². The van der Waals surface area contributed by atoms with Crippen molar-refractivity contribution < 1.29 is 18.0 Å². The minimum Gasteiger partial charge on any atom is -0.328 e. The molecule has 0 bridgehead atoms. The first-order valence-corrected chi connectivity index (χ1v) is 9.12. The van der Waals surface area contributed by atoms with Crippen LogP contribution in [0.2, 0.25) is 0 Å². The van der Waals surface area contributed by atoms with Gasteiger partial charge in [-0.05, 0) is 43.2 Å². The Hall–Kier alpha value is -3.29. The molecule has 2 N–H and O–H groups in total. The van der Waals surface area contributed by atoms with E-state index >= 15 is 0 Å². The highest BCUT2D eigenvalue weighted by atomic mass is 19.4. The lowest BCUT2D eigenvalue weighted by molar-refractivity contribution is -0.137. The van der Waals surface area contributed by atoms with Crippen LogP contribution >= 0.6 is 0 Å². The zero-order chi connectivity index (χ0) is 20.9. The number of anilines is 1. The molecule has 29 heavy (non-hydrogen) atoms. The summed E-state index contributed by atoms with van der Waals surface area (Å²) < 4.78 is 37.8. The second-order valence-corrected chi connectivity index (χ2v) is 6.67. The largest absolute Gasteiger partial charge is 0.416 e. The smallest absolute Gasteiger partial charge is 0.328 e. The number of aryl methyl sites for hydroxylation is 1. The van der Waals surface area contributed by atoms with Crippen molar-refractivity contribution in [3.05, 3.63) is 71.9 Å². The number of alkyl halides is 3. The molecule has 0 saturated carbocycles. The second-order valence-electron chi connectivity index (χ2n) is 6.67. The highest BCUT2D eigenvalue weighted by molar-refractivity contribution is 5.89. The second kappa shape index (κ2) is 8.81. The lowest BCUT2D eigenvalue weighted by Gasteiger charge is -2.18. The van der Waals surface area contributed by atoms with Crippen LogP contribution in [0.1, 0.15) is 17.7 Å². The predicted molar refractivity (Wildman–Crippen MR) is 105 cm³/mol. The Labute approximate surface area is 166 Å². The van der Waals surface area contributed by atoms with Crippen LogP contribution in [-0.2, 0) is 12.6 Å². The van der Waals surface area contributed by atoms with Gasteiger partial charge in [0.25, 0.3) is 0 Å². The SMILES string of the molecule is CN(CCCc1cc(-c2ccccc2)n[nH]1)C(=O)Nc1ccc(C(F)(F)F)cc1. The number of carbonyl (C=O) groups is 1. The Bertz CT molecular complexity index is 937. The molecule has 3 rings (SSSR count). The van der Waals surface area contributed by atoms with Crippen molar-refractivity contribution in [2.45, 2.75) is 19.0 Å². The van der Waals surface area contributed by atoms with Gasteiger partial charge >= 0.3 is 12.2 Å². The van der Waals surface area contributed by atoms with Crippen molar-refractivity contribution in [1.82, 2.24) is 15.1 Å². The number of urea groups is 1. The molecule has 0 fully saturated rings. The molecule has 2 aromatic carbocycles. The average Bonchev–Trinajstić information content (AvgIpc) is 3.17. The van der Waals surface area contributed by atoms with Gasteiger partial charge in [-0.15, -0.1) is 0 Å². The first kappa shape index (κ1) is 20.4. The van der Waals surface area contributed by atoms with E-state index in [1.54, 1.807) is 7.05 Å². The molecule has 0 atom stereocenters. The fourth-order valence-electron chi connectivity index (χ4n) is 2.82. The van der Waals surface area contributed by atoms with Crippen LogP contribution in [0.25, 0.3) is 11.3 Å². The van der Waals surface area contributed by atoms with Gasteiger partial charge in [0.05, 0.1) is 11.3 Å². The third kappa shape index (κ3) is 5.60. The number of nitrogens with zero attached hydrogens (tertiary/aromatic N) is 2. The van der Waals surface area contributed by atoms with E-state index in [0.717, 1.165) is 35.5 Å². The zero-order valence-electron chi connectivity index (χ0n) is 15.8. The van der Waals surface area contributed by atoms with Gasteiger partial charge in [-0.3, -0.25) is 5.10 Å². The van der Waals surface area contributed by atoms with Crippen molar-refractivity contribution in [1.29, 1.82) is 0 Å². The molecule has 0 aliphatic heterocycles. The number of benzene rings is 2. The average molecular weight is 402 g/mol. The quantitative estimate of drug-likeness (QED) is 0.596. The number of nitrogens with one attached hydrogen (secondary N) is 2. The summed E-state index contributed by atoms with van der Waals surface area (Å²) in [4.78, 5) is 13.7. The van der Waals surface area contributed by atoms with Crippen molar-refractivity contribution in [2.75, 3.05) is 18.9 Å². The van der Waals surface area contributed by atoms with Crippen LogP contribution < -0.4 is 5.32 Å². The topological polar surface area (TPSA) is 61.0 Å². The number of H-pyrrole nitrogens is 1. The minimum absolute atomic E-state index is 0.316. The maximum atomic E-state index is 12.6. The number of aromatic amines is 1. The summed E-state index contributed by atoms with van der Waals surface area (Å²) in [5.74, 6) is 0. The zero-order valence-corrected chi connectivity index (χ0v) is 15.8. The monoisotopic (exact) mass is 402 g/mol. The summed E-state index contributed by atoms with van der Waals surface area (Å²) in [6.07, 6.45) is -2.96. The number of amides is 2. The Balaban J connectivity index is 1.46. The van der Waals surface area contributed by atoms with E-state index in [9.17, 15) is 18.0 Å². The summed E-state index contributed by atoms with van der Waals surface area (Å²) in [6.45, 7) is 0.492. The predicted octanol–water partition coefficient (Wildman–Crippen LogP) is 5.19. The summed E-state index contributed by atoms with van der Waals surface area (Å²) in [5, 5.41) is 9.90. The molecule has 2 amide bonds. The lowest BCUT2D eigenvalue weighted by Crippen LogP contribution is -2.32. The van der Waals surface area contributed by atoms with Crippen molar-refractivity contribution in [3.8, 4) is 11.3 Å². The Morgan fingerprint density at radius 1 is 1.10 bits per heavy atom. The molecule has 1 heterocycles. The summed E-state index contributed by atoms with van der Waals surface area (Å²) >= 11 is 0. The van der Waals surface area contributed by atoms with E-state index in [1.165, 1.54) is 17.0 Å². The summed E-state index contributed by atoms with van der Waals surface area (Å²) in [7, 11) is 1.64. The number of carbonyl (C=O) groups excluding carboxylic acids is 1. The van der Waals surface area contributed by atoms with Gasteiger partial charge in [0.2, 0.25) is 0 Å². The first-order valence-electron chi connectivity index (χ1n) is 9.12. The van der Waals surface area contributed by atoms with E-state index in [4.69, 9.17) is 0 Å². The molecule has 0 unspecified atom stereocenters. The number of halogens is 3. The van der Waals surface area contributed by atoms with Gasteiger partial charge in [0, 0.05) is 30.5 Å². The number of rotatable bonds is 6. The van der Waals surface area contributed by atoms with Gasteiger partial charge in [-0.2, -0.15) is 18.3 Å². The van der Waals surface area contributed by atoms with Crippen molar-refractivity contribution >= 4 is 11.7 Å². The normalized spacial score (nSPS) is 11.3. The third-order valence-electron chi connectivity index (χ3n) is 4.45. The molecule has 0 aliphatic rings. The lowest BCUT2D eigenvalue weighted by atomic mass is 10.1. The Morgan fingerprint density at radius 3 is 2.45 bits per heavy atom. The molecule has 8 heteroatoms. The Kier molecular flexibility index (Phi) is 6.21. The molecule has 0 saturated heterocycles. The van der Waals surface area contributed by atoms with Crippen molar-refractivity contribution in [2.24, 2.45) is 0 Å². The summed E-state index contributed by atoms with van der Waals surface area (Å²) in [5.41, 5.74) is 2.44. The van der Waals surface area contributed by atoms with Crippen LogP contribution in [0.3, 0.4) is 0 Å². The van der Waals surface area contributed by atoms with Crippen LogP contribution in [0, 0.1) is 0 Å². The molecule has 3 aromatic rings. The molecule has 0 aliphatic carbocycles. The minimum atomic E-state index is -4.40. The van der Waals surface area contributed by atoms with E-state index < -0.39 is 11.7 Å². The highest BCUT2D eigenvalue weighted by Crippen LogP contribution is 2.29. The molecule has 1 aromatic heterocycles. The van der Waals surface area contributed by atoms with Crippen LogP contribution in [0.4, 0.5) is 23.7 Å². The molecular formula is C21H21F3N4O. The van der Waals surface area contributed by atoms with Gasteiger partial charge in [0.1, 0.15) is 0 Å². The number of hydrogen-bond donors (Lipinski definition) is 2.